The lowest BCUT2D eigenvalue weighted by atomic mass is 10.2. The minimum atomic E-state index is -3.65. The van der Waals surface area contributed by atoms with E-state index in [2.05, 4.69) is 14.9 Å². The predicted molar refractivity (Wildman–Crippen MR) is 97.9 cm³/mol. The van der Waals surface area contributed by atoms with Gasteiger partial charge in [-0.15, -0.1) is 10.2 Å². The number of hydrogen-bond donors (Lipinski definition) is 1. The molecule has 3 aromatic rings. The molecule has 25 heavy (non-hydrogen) atoms. The van der Waals surface area contributed by atoms with Crippen LogP contribution in [0.25, 0.3) is 11.4 Å². The van der Waals surface area contributed by atoms with E-state index in [1.54, 1.807) is 43.6 Å². The van der Waals surface area contributed by atoms with Crippen LogP contribution in [0.4, 0.5) is 5.69 Å². The van der Waals surface area contributed by atoms with Gasteiger partial charge in [-0.3, -0.25) is 4.72 Å². The molecule has 0 radical (unpaired) electrons. The van der Waals surface area contributed by atoms with Crippen molar-refractivity contribution in [2.75, 3.05) is 4.72 Å². The molecule has 0 atom stereocenters. The first-order chi connectivity index (χ1) is 11.9. The molecule has 0 unspecified atom stereocenters. The summed E-state index contributed by atoms with van der Waals surface area (Å²) < 4.78 is 30.0. The fourth-order valence-corrected chi connectivity index (χ4v) is 4.02. The zero-order valence-electron chi connectivity index (χ0n) is 14.4. The van der Waals surface area contributed by atoms with E-state index >= 15 is 0 Å². The van der Waals surface area contributed by atoms with Crippen LogP contribution in [0.5, 0.6) is 0 Å². The maximum atomic E-state index is 12.7. The van der Waals surface area contributed by atoms with Crippen molar-refractivity contribution in [1.29, 1.82) is 0 Å². The first-order valence-electron chi connectivity index (χ1n) is 7.99. The Morgan fingerprint density at radius 1 is 1.12 bits per heavy atom. The Balaban J connectivity index is 1.94. The highest BCUT2D eigenvalue weighted by atomic mass is 32.2. The van der Waals surface area contributed by atoms with Gasteiger partial charge < -0.3 is 4.57 Å². The molecule has 2 aromatic carbocycles. The fourth-order valence-electron chi connectivity index (χ4n) is 2.74. The normalized spacial score (nSPS) is 11.5. The van der Waals surface area contributed by atoms with Crippen LogP contribution in [0.1, 0.15) is 18.1 Å². The van der Waals surface area contributed by atoms with Crippen LogP contribution in [-0.4, -0.2) is 23.2 Å². The number of nitrogens with one attached hydrogen (secondary N) is 1. The Labute approximate surface area is 147 Å². The van der Waals surface area contributed by atoms with Crippen LogP contribution < -0.4 is 4.72 Å². The van der Waals surface area contributed by atoms with E-state index in [-0.39, 0.29) is 4.90 Å². The topological polar surface area (TPSA) is 76.9 Å². The number of aryl methyl sites for hydroxylation is 3. The lowest BCUT2D eigenvalue weighted by molar-refractivity contribution is 0.600. The number of aromatic nitrogens is 3. The maximum Gasteiger partial charge on any atom is 0.262 e. The molecule has 0 fully saturated rings. The minimum absolute atomic E-state index is 0.278. The first kappa shape index (κ1) is 17.2. The standard InChI is InChI=1S/C18H20N4O2S/c1-4-22-12-19-20-18(22)15-6-5-7-16(11-15)21-25(23,24)17-9-8-13(2)10-14(17)3/h5-12,21H,4H2,1-3H3. The highest BCUT2D eigenvalue weighted by Gasteiger charge is 2.17. The zero-order valence-corrected chi connectivity index (χ0v) is 15.2. The Morgan fingerprint density at radius 2 is 1.92 bits per heavy atom. The van der Waals surface area contributed by atoms with E-state index in [1.165, 1.54) is 0 Å². The van der Waals surface area contributed by atoms with Gasteiger partial charge in [0.2, 0.25) is 0 Å². The zero-order chi connectivity index (χ0) is 18.0. The monoisotopic (exact) mass is 356 g/mol. The van der Waals surface area contributed by atoms with Crippen molar-refractivity contribution in [2.45, 2.75) is 32.2 Å². The van der Waals surface area contributed by atoms with E-state index in [0.717, 1.165) is 23.2 Å². The SMILES string of the molecule is CCn1cnnc1-c1cccc(NS(=O)(=O)c2ccc(C)cc2C)c1. The largest absolute Gasteiger partial charge is 0.314 e. The van der Waals surface area contributed by atoms with Crippen molar-refractivity contribution < 1.29 is 8.42 Å². The molecule has 0 bridgehead atoms. The Morgan fingerprint density at radius 3 is 2.64 bits per heavy atom. The molecular formula is C18H20N4O2S. The average molecular weight is 356 g/mol. The molecular weight excluding hydrogens is 336 g/mol. The second kappa shape index (κ2) is 6.68. The number of anilines is 1. The summed E-state index contributed by atoms with van der Waals surface area (Å²) >= 11 is 0. The van der Waals surface area contributed by atoms with Gasteiger partial charge >= 0.3 is 0 Å². The van der Waals surface area contributed by atoms with Crippen molar-refractivity contribution in [1.82, 2.24) is 14.8 Å². The third kappa shape index (κ3) is 3.56. The van der Waals surface area contributed by atoms with Gasteiger partial charge in [-0.2, -0.15) is 0 Å². The summed E-state index contributed by atoms with van der Waals surface area (Å²) in [6.45, 7) is 6.46. The lowest BCUT2D eigenvalue weighted by Crippen LogP contribution is -2.14. The quantitative estimate of drug-likeness (QED) is 0.760. The molecule has 0 aliphatic carbocycles. The predicted octanol–water partition coefficient (Wildman–Crippen LogP) is 3.38. The van der Waals surface area contributed by atoms with Gasteiger partial charge in [0.15, 0.2) is 5.82 Å². The molecule has 6 nitrogen and oxygen atoms in total. The van der Waals surface area contributed by atoms with Gasteiger partial charge in [-0.25, -0.2) is 8.42 Å². The van der Waals surface area contributed by atoms with Crippen molar-refractivity contribution in [3.8, 4) is 11.4 Å². The third-order valence-corrected chi connectivity index (χ3v) is 5.49. The second-order valence-corrected chi connectivity index (χ2v) is 7.55. The molecule has 0 aliphatic rings. The highest BCUT2D eigenvalue weighted by molar-refractivity contribution is 7.92. The second-order valence-electron chi connectivity index (χ2n) is 5.90. The lowest BCUT2D eigenvalue weighted by Gasteiger charge is -2.12. The number of nitrogens with zero attached hydrogens (tertiary/aromatic N) is 3. The number of rotatable bonds is 5. The molecule has 0 spiro atoms. The van der Waals surface area contributed by atoms with Crippen LogP contribution in [-0.2, 0) is 16.6 Å². The number of hydrogen-bond acceptors (Lipinski definition) is 4. The fraction of sp³-hybridized carbons (Fsp3) is 0.222. The number of sulfonamides is 1. The van der Waals surface area contributed by atoms with Gasteiger partial charge in [-0.05, 0) is 44.5 Å². The van der Waals surface area contributed by atoms with Gasteiger partial charge in [0.1, 0.15) is 6.33 Å². The third-order valence-electron chi connectivity index (χ3n) is 3.95. The maximum absolute atomic E-state index is 12.7. The Kier molecular flexibility index (Phi) is 4.59. The van der Waals surface area contributed by atoms with Crippen LogP contribution in [0.15, 0.2) is 53.7 Å². The van der Waals surface area contributed by atoms with Crippen molar-refractivity contribution >= 4 is 15.7 Å². The van der Waals surface area contributed by atoms with E-state index < -0.39 is 10.0 Å². The highest BCUT2D eigenvalue weighted by Crippen LogP contribution is 2.24. The van der Waals surface area contributed by atoms with E-state index in [1.807, 2.05) is 30.5 Å². The summed E-state index contributed by atoms with van der Waals surface area (Å²) in [6, 6.07) is 12.4. The summed E-state index contributed by atoms with van der Waals surface area (Å²) in [5, 5.41) is 8.03. The van der Waals surface area contributed by atoms with Gasteiger partial charge in [0.25, 0.3) is 10.0 Å². The molecule has 1 heterocycles. The van der Waals surface area contributed by atoms with Gasteiger partial charge in [0, 0.05) is 17.8 Å². The molecule has 0 saturated carbocycles. The van der Waals surface area contributed by atoms with Crippen LogP contribution >= 0.6 is 0 Å². The molecule has 7 heteroatoms. The summed E-state index contributed by atoms with van der Waals surface area (Å²) in [4.78, 5) is 0.278. The van der Waals surface area contributed by atoms with E-state index in [4.69, 9.17) is 0 Å². The van der Waals surface area contributed by atoms with Crippen molar-refractivity contribution in [3.05, 3.63) is 59.9 Å². The van der Waals surface area contributed by atoms with E-state index in [0.29, 0.717) is 11.5 Å². The van der Waals surface area contributed by atoms with Crippen molar-refractivity contribution in [2.24, 2.45) is 0 Å². The van der Waals surface area contributed by atoms with Gasteiger partial charge in [-0.1, -0.05) is 29.8 Å². The minimum Gasteiger partial charge on any atom is -0.314 e. The van der Waals surface area contributed by atoms with Crippen LogP contribution in [0.2, 0.25) is 0 Å². The van der Waals surface area contributed by atoms with Gasteiger partial charge in [0.05, 0.1) is 4.90 Å². The molecule has 130 valence electrons. The first-order valence-corrected chi connectivity index (χ1v) is 9.47. The summed E-state index contributed by atoms with van der Waals surface area (Å²) in [5.41, 5.74) is 3.04. The Bertz CT molecular complexity index is 1010. The van der Waals surface area contributed by atoms with Crippen LogP contribution in [0.3, 0.4) is 0 Å². The summed E-state index contributed by atoms with van der Waals surface area (Å²) in [5.74, 6) is 0.704. The molecule has 3 rings (SSSR count). The molecule has 0 aliphatic heterocycles. The molecule has 0 amide bonds. The van der Waals surface area contributed by atoms with Crippen molar-refractivity contribution in [3.63, 3.8) is 0 Å². The smallest absolute Gasteiger partial charge is 0.262 e. The Hall–Kier alpha value is -2.67. The molecule has 0 saturated heterocycles. The summed E-state index contributed by atoms with van der Waals surface area (Å²) in [7, 11) is -3.65. The van der Waals surface area contributed by atoms with E-state index in [9.17, 15) is 8.42 Å². The number of benzene rings is 2. The molecule has 1 N–H and O–H groups in total. The summed E-state index contributed by atoms with van der Waals surface area (Å²) in [6.07, 6.45) is 1.65. The molecule has 1 aromatic heterocycles. The average Bonchev–Trinajstić information content (AvgIpc) is 3.03. The van der Waals surface area contributed by atoms with Crippen LogP contribution in [0, 0.1) is 13.8 Å².